The monoisotopic (exact) mass is 303 g/mol. The van der Waals surface area contributed by atoms with E-state index in [0.29, 0.717) is 6.54 Å². The van der Waals surface area contributed by atoms with Gasteiger partial charge in [0.25, 0.3) is 0 Å². The molecular formula is C15H20F3NO2. The fourth-order valence-corrected chi connectivity index (χ4v) is 2.55. The third-order valence-electron chi connectivity index (χ3n) is 3.94. The van der Waals surface area contributed by atoms with Gasteiger partial charge in [0.2, 0.25) is 0 Å². The van der Waals surface area contributed by atoms with Gasteiger partial charge in [-0.25, -0.2) is 0 Å². The molecule has 0 spiro atoms. The molecule has 1 fully saturated rings. The molecule has 118 valence electrons. The van der Waals surface area contributed by atoms with Gasteiger partial charge in [-0.2, -0.15) is 0 Å². The molecule has 0 radical (unpaired) electrons. The first-order chi connectivity index (χ1) is 9.87. The van der Waals surface area contributed by atoms with Gasteiger partial charge in [-0.15, -0.1) is 13.2 Å². The van der Waals surface area contributed by atoms with Gasteiger partial charge in [-0.1, -0.05) is 26.0 Å². The van der Waals surface area contributed by atoms with Crippen LogP contribution in [0.1, 0.15) is 38.4 Å². The lowest BCUT2D eigenvalue weighted by Crippen LogP contribution is -2.50. The van der Waals surface area contributed by atoms with Crippen LogP contribution in [0, 0.1) is 0 Å². The summed E-state index contributed by atoms with van der Waals surface area (Å²) in [6, 6.07) is 5.88. The number of morpholine rings is 1. The Kier molecular flexibility index (Phi) is 4.78. The van der Waals surface area contributed by atoms with E-state index in [1.807, 2.05) is 0 Å². The van der Waals surface area contributed by atoms with Crippen LogP contribution in [0.15, 0.2) is 24.3 Å². The highest BCUT2D eigenvalue weighted by molar-refractivity contribution is 5.29. The maximum atomic E-state index is 12.1. The molecule has 3 nitrogen and oxygen atoms in total. The van der Waals surface area contributed by atoms with Crippen molar-refractivity contribution in [2.24, 2.45) is 0 Å². The molecule has 0 aliphatic carbocycles. The summed E-state index contributed by atoms with van der Waals surface area (Å²) in [6.45, 7) is 5.61. The van der Waals surface area contributed by atoms with Crippen molar-refractivity contribution < 1.29 is 22.6 Å². The van der Waals surface area contributed by atoms with E-state index in [2.05, 4.69) is 23.9 Å². The third kappa shape index (κ3) is 4.11. The molecule has 1 aromatic carbocycles. The highest BCUT2D eigenvalue weighted by Gasteiger charge is 2.35. The smallest absolute Gasteiger partial charge is 0.406 e. The van der Waals surface area contributed by atoms with Crippen LogP contribution in [-0.2, 0) is 4.74 Å². The first-order valence-corrected chi connectivity index (χ1v) is 7.12. The van der Waals surface area contributed by atoms with Gasteiger partial charge in [0, 0.05) is 13.1 Å². The van der Waals surface area contributed by atoms with Crippen LogP contribution < -0.4 is 10.1 Å². The molecule has 1 aliphatic heterocycles. The Bertz CT molecular complexity index is 455. The predicted octanol–water partition coefficient (Wildman–Crippen LogP) is 3.80. The lowest BCUT2D eigenvalue weighted by Gasteiger charge is -2.41. The average molecular weight is 303 g/mol. The molecule has 1 atom stereocenters. The molecule has 1 aromatic rings. The molecule has 1 aliphatic rings. The molecule has 0 bridgehead atoms. The van der Waals surface area contributed by atoms with Crippen molar-refractivity contribution in [1.82, 2.24) is 5.32 Å². The van der Waals surface area contributed by atoms with Gasteiger partial charge in [-0.05, 0) is 30.5 Å². The first-order valence-electron chi connectivity index (χ1n) is 7.12. The van der Waals surface area contributed by atoms with E-state index in [4.69, 9.17) is 4.74 Å². The van der Waals surface area contributed by atoms with E-state index in [1.165, 1.54) is 12.1 Å². The molecule has 6 heteroatoms. The van der Waals surface area contributed by atoms with Crippen molar-refractivity contribution in [3.8, 4) is 5.75 Å². The molecule has 1 N–H and O–H groups in total. The second-order valence-electron chi connectivity index (χ2n) is 5.24. The lowest BCUT2D eigenvalue weighted by molar-refractivity contribution is -0.274. The Morgan fingerprint density at radius 3 is 2.38 bits per heavy atom. The number of rotatable bonds is 4. The number of alkyl halides is 3. The summed E-state index contributed by atoms with van der Waals surface area (Å²) in [5.41, 5.74) is 0.646. The van der Waals surface area contributed by atoms with Crippen molar-refractivity contribution in [2.75, 3.05) is 13.1 Å². The van der Waals surface area contributed by atoms with Crippen LogP contribution >= 0.6 is 0 Å². The summed E-state index contributed by atoms with van der Waals surface area (Å²) in [5.74, 6) is -0.215. The Morgan fingerprint density at radius 2 is 1.86 bits per heavy atom. The molecule has 0 amide bonds. The Hall–Kier alpha value is -1.27. The molecule has 21 heavy (non-hydrogen) atoms. The molecule has 0 saturated carbocycles. The minimum absolute atomic E-state index is 0.154. The second kappa shape index (κ2) is 6.23. The van der Waals surface area contributed by atoms with Crippen LogP contribution in [-0.4, -0.2) is 25.1 Å². The minimum atomic E-state index is -4.66. The van der Waals surface area contributed by atoms with E-state index < -0.39 is 6.36 Å². The van der Waals surface area contributed by atoms with Crippen LogP contribution in [0.2, 0.25) is 0 Å². The number of benzene rings is 1. The zero-order valence-electron chi connectivity index (χ0n) is 12.2. The summed E-state index contributed by atoms with van der Waals surface area (Å²) in [5, 5.41) is 3.34. The maximum Gasteiger partial charge on any atom is 0.573 e. The van der Waals surface area contributed by atoms with E-state index in [9.17, 15) is 13.2 Å². The maximum absolute atomic E-state index is 12.1. The minimum Gasteiger partial charge on any atom is -0.406 e. The number of hydrogen-bond donors (Lipinski definition) is 1. The number of ether oxygens (including phenoxy) is 2. The number of nitrogens with one attached hydrogen (secondary N) is 1. The van der Waals surface area contributed by atoms with Crippen molar-refractivity contribution in [3.63, 3.8) is 0 Å². The van der Waals surface area contributed by atoms with Crippen LogP contribution in [0.25, 0.3) is 0 Å². The van der Waals surface area contributed by atoms with Crippen molar-refractivity contribution >= 4 is 0 Å². The fraction of sp³-hybridized carbons (Fsp3) is 0.600. The molecule has 1 unspecified atom stereocenters. The first kappa shape index (κ1) is 16.1. The van der Waals surface area contributed by atoms with Crippen LogP contribution in [0.4, 0.5) is 13.2 Å². The summed E-state index contributed by atoms with van der Waals surface area (Å²) in [6.07, 6.45) is -3.03. The molecule has 1 saturated heterocycles. The van der Waals surface area contributed by atoms with Gasteiger partial charge < -0.3 is 14.8 Å². The largest absolute Gasteiger partial charge is 0.573 e. The van der Waals surface area contributed by atoms with Gasteiger partial charge in [0.15, 0.2) is 0 Å². The summed E-state index contributed by atoms with van der Waals surface area (Å²) < 4.78 is 46.4. The second-order valence-corrected chi connectivity index (χ2v) is 5.24. The SMILES string of the molecule is CCC1(CC)CNCC(c2ccc(OC(F)(F)F)cc2)O1. The molecule has 1 heterocycles. The lowest BCUT2D eigenvalue weighted by atomic mass is 9.93. The topological polar surface area (TPSA) is 30.5 Å². The normalized spacial score (nSPS) is 22.0. The van der Waals surface area contributed by atoms with Crippen LogP contribution in [0.3, 0.4) is 0 Å². The van der Waals surface area contributed by atoms with Crippen molar-refractivity contribution in [1.29, 1.82) is 0 Å². The van der Waals surface area contributed by atoms with Gasteiger partial charge in [-0.3, -0.25) is 0 Å². The van der Waals surface area contributed by atoms with Crippen molar-refractivity contribution in [2.45, 2.75) is 44.8 Å². The zero-order chi connectivity index (χ0) is 15.5. The van der Waals surface area contributed by atoms with Crippen molar-refractivity contribution in [3.05, 3.63) is 29.8 Å². The summed E-state index contributed by atoms with van der Waals surface area (Å²) in [7, 11) is 0. The standard InChI is InChI=1S/C15H20F3NO2/c1-3-14(4-2)10-19-9-13(21-14)11-5-7-12(8-6-11)20-15(16,17)18/h5-8,13,19H,3-4,9-10H2,1-2H3. The molecule has 0 aromatic heterocycles. The van der Waals surface area contributed by atoms with Crippen LogP contribution in [0.5, 0.6) is 5.75 Å². The van der Waals surface area contributed by atoms with E-state index in [1.54, 1.807) is 12.1 Å². The Labute approximate surface area is 122 Å². The molecular weight excluding hydrogens is 283 g/mol. The van der Waals surface area contributed by atoms with Gasteiger partial charge >= 0.3 is 6.36 Å². The molecule has 2 rings (SSSR count). The average Bonchev–Trinajstić information content (AvgIpc) is 2.46. The quantitative estimate of drug-likeness (QED) is 0.917. The van der Waals surface area contributed by atoms with Gasteiger partial charge in [0.05, 0.1) is 11.7 Å². The predicted molar refractivity (Wildman–Crippen MR) is 73.1 cm³/mol. The van der Waals surface area contributed by atoms with E-state index in [-0.39, 0.29) is 17.5 Å². The number of halogens is 3. The fourth-order valence-electron chi connectivity index (χ4n) is 2.55. The highest BCUT2D eigenvalue weighted by Crippen LogP contribution is 2.33. The summed E-state index contributed by atoms with van der Waals surface area (Å²) >= 11 is 0. The number of hydrogen-bond acceptors (Lipinski definition) is 3. The third-order valence-corrected chi connectivity index (χ3v) is 3.94. The van der Waals surface area contributed by atoms with E-state index in [0.717, 1.165) is 24.9 Å². The van der Waals surface area contributed by atoms with E-state index >= 15 is 0 Å². The zero-order valence-corrected chi connectivity index (χ0v) is 12.2. The summed E-state index contributed by atoms with van der Waals surface area (Å²) in [4.78, 5) is 0. The Balaban J connectivity index is 2.08. The Morgan fingerprint density at radius 1 is 1.24 bits per heavy atom. The van der Waals surface area contributed by atoms with Gasteiger partial charge in [0.1, 0.15) is 5.75 Å². The highest BCUT2D eigenvalue weighted by atomic mass is 19.4.